The Bertz CT molecular complexity index is 1260. The summed E-state index contributed by atoms with van der Waals surface area (Å²) >= 11 is 0. The Labute approximate surface area is 206 Å². The van der Waals surface area contributed by atoms with Crippen LogP contribution < -0.4 is 25.2 Å². The highest BCUT2D eigenvalue weighted by molar-refractivity contribution is 7.89. The highest BCUT2D eigenvalue weighted by Gasteiger charge is 2.21. The third-order valence-corrected chi connectivity index (χ3v) is 6.87. The molecule has 184 valence electrons. The van der Waals surface area contributed by atoms with Crippen LogP contribution in [0.2, 0.25) is 0 Å². The monoisotopic (exact) mass is 494 g/mol. The first-order valence-electron chi connectivity index (χ1n) is 11.2. The average Bonchev–Trinajstić information content (AvgIpc) is 2.86. The minimum atomic E-state index is -3.44. The molecule has 0 fully saturated rings. The second kappa shape index (κ2) is 12.1. The fourth-order valence-electron chi connectivity index (χ4n) is 3.53. The van der Waals surface area contributed by atoms with Gasteiger partial charge in [0.15, 0.2) is 11.5 Å². The zero-order valence-corrected chi connectivity index (χ0v) is 20.6. The van der Waals surface area contributed by atoms with E-state index in [0.717, 1.165) is 5.56 Å². The number of nitrogen functional groups attached to an aromatic ring is 1. The van der Waals surface area contributed by atoms with Gasteiger partial charge >= 0.3 is 0 Å². The van der Waals surface area contributed by atoms with E-state index in [4.69, 9.17) is 20.5 Å². The maximum Gasteiger partial charge on any atom is 0.211 e. The van der Waals surface area contributed by atoms with Crippen LogP contribution in [-0.2, 0) is 16.6 Å². The highest BCUT2D eigenvalue weighted by atomic mass is 32.2. The third kappa shape index (κ3) is 7.37. The largest absolute Gasteiger partial charge is 0.493 e. The molecule has 3 rings (SSSR count). The van der Waals surface area contributed by atoms with E-state index in [0.29, 0.717) is 47.0 Å². The molecule has 0 aliphatic carbocycles. The summed E-state index contributed by atoms with van der Waals surface area (Å²) in [6.45, 7) is 2.22. The number of nitrogens with zero attached hydrogens (tertiary/aromatic N) is 1. The van der Waals surface area contributed by atoms with Crippen LogP contribution in [0.3, 0.4) is 0 Å². The predicted octanol–water partition coefficient (Wildman–Crippen LogP) is 4.21. The Morgan fingerprint density at radius 1 is 1.06 bits per heavy atom. The summed E-state index contributed by atoms with van der Waals surface area (Å²) in [5, 5.41) is 12.4. The van der Waals surface area contributed by atoms with Crippen LogP contribution in [0.4, 0.5) is 11.4 Å². The molecule has 0 saturated heterocycles. The van der Waals surface area contributed by atoms with E-state index in [1.165, 1.54) is 7.11 Å². The average molecular weight is 495 g/mol. The Balaban J connectivity index is 1.89. The van der Waals surface area contributed by atoms with Crippen molar-refractivity contribution in [2.45, 2.75) is 26.0 Å². The van der Waals surface area contributed by atoms with Crippen molar-refractivity contribution in [1.29, 1.82) is 5.26 Å². The number of rotatable bonds is 12. The van der Waals surface area contributed by atoms with Gasteiger partial charge in [0.2, 0.25) is 10.0 Å². The molecule has 0 saturated carbocycles. The van der Waals surface area contributed by atoms with Gasteiger partial charge in [0.05, 0.1) is 30.5 Å². The first kappa shape index (κ1) is 25.9. The van der Waals surface area contributed by atoms with Crippen molar-refractivity contribution in [2.24, 2.45) is 0 Å². The van der Waals surface area contributed by atoms with Crippen molar-refractivity contribution in [3.8, 4) is 17.6 Å². The Morgan fingerprint density at radius 2 is 1.77 bits per heavy atom. The van der Waals surface area contributed by atoms with Gasteiger partial charge in [-0.25, -0.2) is 13.1 Å². The molecule has 8 nitrogen and oxygen atoms in total. The van der Waals surface area contributed by atoms with Crippen molar-refractivity contribution in [3.05, 3.63) is 83.4 Å². The van der Waals surface area contributed by atoms with Crippen molar-refractivity contribution in [1.82, 2.24) is 4.72 Å². The molecule has 1 unspecified atom stereocenters. The first-order valence-corrected chi connectivity index (χ1v) is 12.9. The molecule has 1 atom stereocenters. The van der Waals surface area contributed by atoms with Gasteiger partial charge in [0, 0.05) is 29.5 Å². The van der Waals surface area contributed by atoms with Gasteiger partial charge in [-0.05, 0) is 42.3 Å². The van der Waals surface area contributed by atoms with E-state index in [1.54, 1.807) is 36.4 Å². The molecule has 3 aromatic carbocycles. The molecule has 0 radical (unpaired) electrons. The summed E-state index contributed by atoms with van der Waals surface area (Å²) in [6.07, 6.45) is 0.506. The van der Waals surface area contributed by atoms with E-state index in [9.17, 15) is 8.42 Å². The minimum Gasteiger partial charge on any atom is -0.493 e. The Hall–Kier alpha value is -3.74. The lowest BCUT2D eigenvalue weighted by Gasteiger charge is -2.24. The quantitative estimate of drug-likeness (QED) is 0.322. The molecule has 0 heterocycles. The summed E-state index contributed by atoms with van der Waals surface area (Å²) in [5.74, 6) is 0.997. The maximum absolute atomic E-state index is 12.3. The third-order valence-electron chi connectivity index (χ3n) is 5.32. The molecule has 35 heavy (non-hydrogen) atoms. The zero-order chi connectivity index (χ0) is 25.3. The fraction of sp³-hybridized carbons (Fsp3) is 0.269. The van der Waals surface area contributed by atoms with Gasteiger partial charge in [-0.2, -0.15) is 5.26 Å². The fourth-order valence-corrected chi connectivity index (χ4v) is 4.64. The molecule has 0 amide bonds. The van der Waals surface area contributed by atoms with Crippen LogP contribution in [0.25, 0.3) is 0 Å². The van der Waals surface area contributed by atoms with Crippen LogP contribution in [0.1, 0.15) is 36.1 Å². The summed E-state index contributed by atoms with van der Waals surface area (Å²) in [6, 6.07) is 21.6. The standard InChI is InChI=1S/C26H30N4O4S/c1-3-13-35(31,32)29-17-24(30-21-11-9-19(16-27)10-12-21)22-14-25(33-2)26(15-23(22)28)34-18-20-7-5-4-6-8-20/h4-12,14-15,24,29-30H,3,13,17-18,28H2,1-2H3. The maximum atomic E-state index is 12.3. The van der Waals surface area contributed by atoms with Gasteiger partial charge in [0.1, 0.15) is 6.61 Å². The molecular formula is C26H30N4O4S. The van der Waals surface area contributed by atoms with Gasteiger partial charge in [-0.1, -0.05) is 37.3 Å². The summed E-state index contributed by atoms with van der Waals surface area (Å²) in [5.41, 5.74) is 9.73. The van der Waals surface area contributed by atoms with Crippen LogP contribution >= 0.6 is 0 Å². The number of nitrogens with two attached hydrogens (primary N) is 1. The lowest BCUT2D eigenvalue weighted by Crippen LogP contribution is -2.33. The molecule has 0 aromatic heterocycles. The number of hydrogen-bond acceptors (Lipinski definition) is 7. The van der Waals surface area contributed by atoms with Crippen LogP contribution in [0.5, 0.6) is 11.5 Å². The Morgan fingerprint density at radius 3 is 2.40 bits per heavy atom. The molecule has 9 heteroatoms. The van der Waals surface area contributed by atoms with E-state index in [-0.39, 0.29) is 12.3 Å². The molecule has 0 bridgehead atoms. The number of sulfonamides is 1. The lowest BCUT2D eigenvalue weighted by molar-refractivity contribution is 0.284. The second-order valence-corrected chi connectivity index (χ2v) is 9.89. The van der Waals surface area contributed by atoms with Gasteiger partial charge in [-0.15, -0.1) is 0 Å². The van der Waals surface area contributed by atoms with Gasteiger partial charge in [-0.3, -0.25) is 0 Å². The number of nitrogens with one attached hydrogen (secondary N) is 2. The molecular weight excluding hydrogens is 464 g/mol. The van der Waals surface area contributed by atoms with E-state index >= 15 is 0 Å². The molecule has 3 aromatic rings. The summed E-state index contributed by atoms with van der Waals surface area (Å²) in [7, 11) is -1.90. The smallest absolute Gasteiger partial charge is 0.211 e. The van der Waals surface area contributed by atoms with E-state index in [1.807, 2.05) is 37.3 Å². The molecule has 0 aliphatic rings. The topological polar surface area (TPSA) is 126 Å². The first-order chi connectivity index (χ1) is 16.8. The van der Waals surface area contributed by atoms with Crippen molar-refractivity contribution >= 4 is 21.4 Å². The Kier molecular flexibility index (Phi) is 8.95. The predicted molar refractivity (Wildman–Crippen MR) is 138 cm³/mol. The zero-order valence-electron chi connectivity index (χ0n) is 19.8. The van der Waals surface area contributed by atoms with Crippen molar-refractivity contribution < 1.29 is 17.9 Å². The van der Waals surface area contributed by atoms with Gasteiger partial charge in [0.25, 0.3) is 0 Å². The molecule has 0 spiro atoms. The van der Waals surface area contributed by atoms with E-state index in [2.05, 4.69) is 16.1 Å². The number of hydrogen-bond donors (Lipinski definition) is 3. The lowest BCUT2D eigenvalue weighted by atomic mass is 10.0. The SMILES string of the molecule is CCCS(=O)(=O)NCC(Nc1ccc(C#N)cc1)c1cc(OC)c(OCc2ccccc2)cc1N. The summed E-state index contributed by atoms with van der Waals surface area (Å²) in [4.78, 5) is 0. The van der Waals surface area contributed by atoms with Crippen LogP contribution in [0, 0.1) is 11.3 Å². The van der Waals surface area contributed by atoms with E-state index < -0.39 is 16.1 Å². The van der Waals surface area contributed by atoms with Crippen LogP contribution in [0.15, 0.2) is 66.7 Å². The number of benzene rings is 3. The number of nitriles is 1. The number of ether oxygens (including phenoxy) is 2. The van der Waals surface area contributed by atoms with Crippen molar-refractivity contribution in [2.75, 3.05) is 30.5 Å². The number of anilines is 2. The molecule has 0 aliphatic heterocycles. The highest BCUT2D eigenvalue weighted by Crippen LogP contribution is 2.36. The normalized spacial score (nSPS) is 11.9. The molecule has 4 N–H and O–H groups in total. The minimum absolute atomic E-state index is 0.0294. The number of methoxy groups -OCH3 is 1. The summed E-state index contributed by atoms with van der Waals surface area (Å²) < 4.78 is 38.8. The second-order valence-electron chi connectivity index (χ2n) is 7.96. The van der Waals surface area contributed by atoms with Gasteiger partial charge < -0.3 is 20.5 Å². The van der Waals surface area contributed by atoms with Crippen molar-refractivity contribution in [3.63, 3.8) is 0 Å². The van der Waals surface area contributed by atoms with Crippen LogP contribution in [-0.4, -0.2) is 27.8 Å².